The third-order valence-electron chi connectivity index (χ3n) is 4.07. The molecule has 2 atom stereocenters. The number of hydrogen-bond acceptors (Lipinski definition) is 1. The van der Waals surface area contributed by atoms with E-state index in [2.05, 4.69) is 34.8 Å². The number of nitrogens with one attached hydrogen (secondary N) is 1. The number of likely N-dealkylation sites (tertiary alicyclic amines) is 1. The fraction of sp³-hybridized carbons (Fsp3) is 0.438. The SMILES string of the molecule is C[C@@H]1C[C@@H](C)CN(C(=O)c2[nH]c3ccc(Br)cc3c2Cl)C1. The van der Waals surface area contributed by atoms with Gasteiger partial charge >= 0.3 is 0 Å². The number of rotatable bonds is 1. The minimum Gasteiger partial charge on any atom is -0.349 e. The van der Waals surface area contributed by atoms with Gasteiger partial charge in [0, 0.05) is 28.5 Å². The summed E-state index contributed by atoms with van der Waals surface area (Å²) in [5.74, 6) is 1.08. The summed E-state index contributed by atoms with van der Waals surface area (Å²) in [7, 11) is 0. The summed E-state index contributed by atoms with van der Waals surface area (Å²) < 4.78 is 0.954. The third-order valence-corrected chi connectivity index (χ3v) is 4.95. The van der Waals surface area contributed by atoms with E-state index in [1.807, 2.05) is 23.1 Å². The molecule has 0 saturated carbocycles. The van der Waals surface area contributed by atoms with Crippen LogP contribution >= 0.6 is 27.5 Å². The Labute approximate surface area is 137 Å². The van der Waals surface area contributed by atoms with E-state index >= 15 is 0 Å². The van der Waals surface area contributed by atoms with Crippen LogP contribution in [0.25, 0.3) is 10.9 Å². The standard InChI is InChI=1S/C16H18BrClN2O/c1-9-5-10(2)8-20(7-9)16(21)15-14(18)12-6-11(17)3-4-13(12)19-15/h3-4,6,9-10,19H,5,7-8H2,1-2H3/t9-,10-/m1/s1. The Morgan fingerprint density at radius 1 is 1.33 bits per heavy atom. The predicted octanol–water partition coefficient (Wildman–Crippen LogP) is 4.70. The van der Waals surface area contributed by atoms with Gasteiger partial charge in [0.1, 0.15) is 5.69 Å². The Morgan fingerprint density at radius 3 is 2.67 bits per heavy atom. The molecular formula is C16H18BrClN2O. The van der Waals surface area contributed by atoms with Crippen LogP contribution in [0.1, 0.15) is 30.8 Å². The van der Waals surface area contributed by atoms with Gasteiger partial charge in [-0.3, -0.25) is 4.79 Å². The van der Waals surface area contributed by atoms with Crippen molar-refractivity contribution in [1.82, 2.24) is 9.88 Å². The Morgan fingerprint density at radius 2 is 2.00 bits per heavy atom. The number of aromatic nitrogens is 1. The number of halogens is 2. The fourth-order valence-electron chi connectivity index (χ4n) is 3.27. The summed E-state index contributed by atoms with van der Waals surface area (Å²) >= 11 is 9.85. The molecule has 0 aliphatic carbocycles. The summed E-state index contributed by atoms with van der Waals surface area (Å²) in [5, 5.41) is 1.40. The predicted molar refractivity (Wildman–Crippen MR) is 89.9 cm³/mol. The lowest BCUT2D eigenvalue weighted by Crippen LogP contribution is -2.42. The van der Waals surface area contributed by atoms with Gasteiger partial charge in [-0.2, -0.15) is 0 Å². The van der Waals surface area contributed by atoms with Crippen molar-refractivity contribution in [2.24, 2.45) is 11.8 Å². The van der Waals surface area contributed by atoms with E-state index in [-0.39, 0.29) is 5.91 Å². The maximum atomic E-state index is 12.8. The van der Waals surface area contributed by atoms with Gasteiger partial charge in [0.2, 0.25) is 0 Å². The molecule has 2 aromatic rings. The van der Waals surface area contributed by atoms with Crippen LogP contribution in [0.5, 0.6) is 0 Å². The van der Waals surface area contributed by atoms with E-state index in [1.54, 1.807) is 0 Å². The molecule has 1 aliphatic heterocycles. The lowest BCUT2D eigenvalue weighted by molar-refractivity contribution is 0.0618. The Bertz CT molecular complexity index is 687. The maximum Gasteiger partial charge on any atom is 0.271 e. The largest absolute Gasteiger partial charge is 0.349 e. The number of hydrogen-bond donors (Lipinski definition) is 1. The van der Waals surface area contributed by atoms with E-state index in [9.17, 15) is 4.79 Å². The first-order valence-corrected chi connectivity index (χ1v) is 8.38. The zero-order valence-corrected chi connectivity index (χ0v) is 14.5. The summed E-state index contributed by atoms with van der Waals surface area (Å²) in [6.07, 6.45) is 1.18. The third kappa shape index (κ3) is 2.84. The molecule has 1 saturated heterocycles. The normalized spacial score (nSPS) is 22.8. The number of piperidine rings is 1. The molecule has 2 heterocycles. The zero-order valence-electron chi connectivity index (χ0n) is 12.1. The van der Waals surface area contributed by atoms with E-state index in [4.69, 9.17) is 11.6 Å². The van der Waals surface area contributed by atoms with Gasteiger partial charge < -0.3 is 9.88 Å². The van der Waals surface area contributed by atoms with Gasteiger partial charge in [-0.25, -0.2) is 0 Å². The Hall–Kier alpha value is -1.000. The molecule has 1 N–H and O–H groups in total. The quantitative estimate of drug-likeness (QED) is 0.777. The van der Waals surface area contributed by atoms with Gasteiger partial charge in [-0.1, -0.05) is 41.4 Å². The highest BCUT2D eigenvalue weighted by Crippen LogP contribution is 2.31. The molecule has 112 valence electrons. The number of carbonyl (C=O) groups excluding carboxylic acids is 1. The monoisotopic (exact) mass is 368 g/mol. The second-order valence-corrected chi connectivity index (χ2v) is 7.45. The zero-order chi connectivity index (χ0) is 15.1. The first-order valence-electron chi connectivity index (χ1n) is 7.21. The molecule has 3 rings (SSSR count). The summed E-state index contributed by atoms with van der Waals surface area (Å²) in [4.78, 5) is 17.9. The van der Waals surface area contributed by atoms with Crippen molar-refractivity contribution in [3.63, 3.8) is 0 Å². The Kier molecular flexibility index (Phi) is 4.02. The van der Waals surface area contributed by atoms with Gasteiger partial charge in [-0.15, -0.1) is 0 Å². The van der Waals surface area contributed by atoms with E-state index in [0.29, 0.717) is 22.6 Å². The van der Waals surface area contributed by atoms with Crippen LogP contribution in [0.15, 0.2) is 22.7 Å². The second kappa shape index (κ2) is 5.65. The van der Waals surface area contributed by atoms with E-state index in [0.717, 1.165) is 28.5 Å². The molecule has 1 amide bonds. The number of amides is 1. The van der Waals surface area contributed by atoms with Crippen molar-refractivity contribution in [1.29, 1.82) is 0 Å². The van der Waals surface area contributed by atoms with Crippen LogP contribution < -0.4 is 0 Å². The molecule has 1 aliphatic rings. The van der Waals surface area contributed by atoms with Gasteiger partial charge in [0.15, 0.2) is 0 Å². The number of fused-ring (bicyclic) bond motifs is 1. The average molecular weight is 370 g/mol. The van der Waals surface area contributed by atoms with Crippen molar-refractivity contribution in [2.45, 2.75) is 20.3 Å². The lowest BCUT2D eigenvalue weighted by atomic mass is 9.92. The Balaban J connectivity index is 1.96. The van der Waals surface area contributed by atoms with Crippen LogP contribution in [0, 0.1) is 11.8 Å². The first-order chi connectivity index (χ1) is 9.95. The average Bonchev–Trinajstić information content (AvgIpc) is 2.74. The number of H-pyrrole nitrogens is 1. The van der Waals surface area contributed by atoms with Crippen molar-refractivity contribution in [3.05, 3.63) is 33.4 Å². The number of benzene rings is 1. The molecule has 0 unspecified atom stereocenters. The van der Waals surface area contributed by atoms with Crippen LogP contribution in [0.4, 0.5) is 0 Å². The molecule has 21 heavy (non-hydrogen) atoms. The molecule has 3 nitrogen and oxygen atoms in total. The highest BCUT2D eigenvalue weighted by atomic mass is 79.9. The minimum atomic E-state index is 0.00530. The molecule has 5 heteroatoms. The van der Waals surface area contributed by atoms with Crippen molar-refractivity contribution < 1.29 is 4.79 Å². The molecule has 0 radical (unpaired) electrons. The number of carbonyl (C=O) groups is 1. The van der Waals surface area contributed by atoms with Crippen molar-refractivity contribution >= 4 is 44.3 Å². The summed E-state index contributed by atoms with van der Waals surface area (Å²) in [5.41, 5.74) is 1.40. The van der Waals surface area contributed by atoms with Crippen molar-refractivity contribution in [2.75, 3.05) is 13.1 Å². The number of aromatic amines is 1. The second-order valence-electron chi connectivity index (χ2n) is 6.16. The van der Waals surface area contributed by atoms with Crippen LogP contribution in [-0.2, 0) is 0 Å². The first kappa shape index (κ1) is 14.9. The molecule has 1 fully saturated rings. The van der Waals surface area contributed by atoms with E-state index < -0.39 is 0 Å². The molecule has 0 spiro atoms. The highest BCUT2D eigenvalue weighted by molar-refractivity contribution is 9.10. The maximum absolute atomic E-state index is 12.8. The fourth-order valence-corrected chi connectivity index (χ4v) is 3.91. The summed E-state index contributed by atoms with van der Waals surface area (Å²) in [6, 6.07) is 5.81. The lowest BCUT2D eigenvalue weighted by Gasteiger charge is -2.34. The van der Waals surface area contributed by atoms with Crippen molar-refractivity contribution in [3.8, 4) is 0 Å². The minimum absolute atomic E-state index is 0.00530. The van der Waals surface area contributed by atoms with Gasteiger partial charge in [0.05, 0.1) is 5.02 Å². The topological polar surface area (TPSA) is 36.1 Å². The number of nitrogens with zero attached hydrogens (tertiary/aromatic N) is 1. The van der Waals surface area contributed by atoms with Crippen LogP contribution in [0.2, 0.25) is 5.02 Å². The molecule has 1 aromatic carbocycles. The van der Waals surface area contributed by atoms with Crippen LogP contribution in [-0.4, -0.2) is 28.9 Å². The summed E-state index contributed by atoms with van der Waals surface area (Å²) in [6.45, 7) is 6.00. The molecular weight excluding hydrogens is 352 g/mol. The smallest absolute Gasteiger partial charge is 0.271 e. The van der Waals surface area contributed by atoms with E-state index in [1.165, 1.54) is 6.42 Å². The van der Waals surface area contributed by atoms with Crippen LogP contribution in [0.3, 0.4) is 0 Å². The van der Waals surface area contributed by atoms with Gasteiger partial charge in [0.25, 0.3) is 5.91 Å². The molecule has 1 aromatic heterocycles. The molecule has 0 bridgehead atoms. The highest BCUT2D eigenvalue weighted by Gasteiger charge is 2.28. The van der Waals surface area contributed by atoms with Gasteiger partial charge in [-0.05, 0) is 36.5 Å².